The predicted molar refractivity (Wildman–Crippen MR) is 65.1 cm³/mol. The molecule has 1 aromatic rings. The van der Waals surface area contributed by atoms with Crippen molar-refractivity contribution in [3.63, 3.8) is 0 Å². The van der Waals surface area contributed by atoms with Crippen molar-refractivity contribution in [2.24, 2.45) is 17.8 Å². The Kier molecular flexibility index (Phi) is 2.51. The van der Waals surface area contributed by atoms with E-state index in [-0.39, 0.29) is 6.10 Å². The van der Waals surface area contributed by atoms with Gasteiger partial charge in [-0.2, -0.15) is 0 Å². The van der Waals surface area contributed by atoms with Crippen LogP contribution in [0.5, 0.6) is 0 Å². The summed E-state index contributed by atoms with van der Waals surface area (Å²) in [7, 11) is 0. The monoisotopic (exact) mass is 216 g/mol. The summed E-state index contributed by atoms with van der Waals surface area (Å²) in [4.78, 5) is 0. The Labute approximate surface area is 97.5 Å². The van der Waals surface area contributed by atoms with Crippen LogP contribution in [0.1, 0.15) is 42.9 Å². The van der Waals surface area contributed by atoms with Crippen LogP contribution in [0.15, 0.2) is 24.3 Å². The Morgan fingerprint density at radius 1 is 1.12 bits per heavy atom. The molecule has 2 fully saturated rings. The van der Waals surface area contributed by atoms with Crippen molar-refractivity contribution in [1.82, 2.24) is 0 Å². The molecular formula is C15H20O. The first kappa shape index (κ1) is 10.3. The van der Waals surface area contributed by atoms with Gasteiger partial charge in [0.25, 0.3) is 0 Å². The number of aryl methyl sites for hydroxylation is 1. The summed E-state index contributed by atoms with van der Waals surface area (Å²) in [5, 5.41) is 10.5. The smallest absolute Gasteiger partial charge is 0.0826 e. The average Bonchev–Trinajstić information content (AvgIpc) is 3.03. The van der Waals surface area contributed by atoms with Gasteiger partial charge in [-0.15, -0.1) is 0 Å². The van der Waals surface area contributed by atoms with Crippen LogP contribution >= 0.6 is 0 Å². The summed E-state index contributed by atoms with van der Waals surface area (Å²) in [6.07, 6.45) is 5.22. The van der Waals surface area contributed by atoms with Gasteiger partial charge >= 0.3 is 0 Å². The van der Waals surface area contributed by atoms with E-state index >= 15 is 0 Å². The standard InChI is InChI=1S/C15H20O/c1-10-6-2-3-7-11(10)15(16)14-12-8-4-5-9-13(12)14/h2-3,6-7,12-16H,4-5,8-9H2,1H3. The second-order valence-corrected chi connectivity index (χ2v) is 5.49. The molecule has 0 amide bonds. The summed E-state index contributed by atoms with van der Waals surface area (Å²) >= 11 is 0. The third-order valence-electron chi connectivity index (χ3n) is 4.59. The zero-order valence-electron chi connectivity index (χ0n) is 9.89. The molecule has 1 heteroatoms. The van der Waals surface area contributed by atoms with Crippen molar-refractivity contribution < 1.29 is 5.11 Å². The van der Waals surface area contributed by atoms with Crippen LogP contribution in [0.4, 0.5) is 0 Å². The molecule has 0 spiro atoms. The minimum atomic E-state index is -0.214. The Morgan fingerprint density at radius 2 is 1.75 bits per heavy atom. The molecule has 1 N–H and O–H groups in total. The van der Waals surface area contributed by atoms with Gasteiger partial charge < -0.3 is 5.11 Å². The molecule has 3 atom stereocenters. The van der Waals surface area contributed by atoms with Gasteiger partial charge in [-0.1, -0.05) is 37.1 Å². The van der Waals surface area contributed by atoms with Gasteiger partial charge in [0.15, 0.2) is 0 Å². The molecule has 1 aromatic carbocycles. The zero-order chi connectivity index (χ0) is 11.1. The highest BCUT2D eigenvalue weighted by atomic mass is 16.3. The molecule has 0 saturated heterocycles. The molecule has 0 radical (unpaired) electrons. The van der Waals surface area contributed by atoms with Crippen LogP contribution < -0.4 is 0 Å². The number of aliphatic hydroxyl groups excluding tert-OH is 1. The molecule has 16 heavy (non-hydrogen) atoms. The minimum Gasteiger partial charge on any atom is -0.388 e. The second-order valence-electron chi connectivity index (χ2n) is 5.49. The fourth-order valence-corrected chi connectivity index (χ4v) is 3.64. The number of aliphatic hydroxyl groups is 1. The maximum absolute atomic E-state index is 10.5. The van der Waals surface area contributed by atoms with Crippen LogP contribution in [0, 0.1) is 24.7 Å². The van der Waals surface area contributed by atoms with Crippen molar-refractivity contribution in [3.05, 3.63) is 35.4 Å². The molecule has 0 heterocycles. The molecule has 2 aliphatic carbocycles. The van der Waals surface area contributed by atoms with Crippen molar-refractivity contribution in [2.45, 2.75) is 38.7 Å². The molecule has 2 saturated carbocycles. The molecule has 0 aromatic heterocycles. The number of fused-ring (bicyclic) bond motifs is 1. The molecule has 0 aliphatic heterocycles. The predicted octanol–water partition coefficient (Wildman–Crippen LogP) is 3.46. The lowest BCUT2D eigenvalue weighted by Gasteiger charge is -2.13. The Bertz CT molecular complexity index is 373. The fraction of sp³-hybridized carbons (Fsp3) is 0.600. The number of rotatable bonds is 2. The van der Waals surface area contributed by atoms with E-state index in [1.807, 2.05) is 12.1 Å². The van der Waals surface area contributed by atoms with E-state index in [1.54, 1.807) is 0 Å². The molecule has 1 nitrogen and oxygen atoms in total. The van der Waals surface area contributed by atoms with E-state index < -0.39 is 0 Å². The second kappa shape index (κ2) is 3.89. The van der Waals surface area contributed by atoms with Crippen LogP contribution in [0.3, 0.4) is 0 Å². The van der Waals surface area contributed by atoms with E-state index in [0.29, 0.717) is 5.92 Å². The van der Waals surface area contributed by atoms with E-state index in [0.717, 1.165) is 17.4 Å². The normalized spacial score (nSPS) is 34.2. The lowest BCUT2D eigenvalue weighted by Crippen LogP contribution is -2.04. The maximum atomic E-state index is 10.5. The Balaban J connectivity index is 1.79. The highest BCUT2D eigenvalue weighted by Gasteiger charge is 2.54. The lowest BCUT2D eigenvalue weighted by molar-refractivity contribution is 0.141. The maximum Gasteiger partial charge on any atom is 0.0826 e. The molecule has 3 rings (SSSR count). The molecular weight excluding hydrogens is 196 g/mol. The summed E-state index contributed by atoms with van der Waals surface area (Å²) in [5.41, 5.74) is 2.39. The highest BCUT2D eigenvalue weighted by molar-refractivity contribution is 5.29. The van der Waals surface area contributed by atoms with Gasteiger partial charge in [0.2, 0.25) is 0 Å². The Morgan fingerprint density at radius 3 is 2.38 bits per heavy atom. The highest BCUT2D eigenvalue weighted by Crippen LogP contribution is 2.60. The van der Waals surface area contributed by atoms with Crippen LogP contribution in [-0.4, -0.2) is 5.11 Å². The average molecular weight is 216 g/mol. The SMILES string of the molecule is Cc1ccccc1C(O)C1C2CCCCC21. The third-order valence-corrected chi connectivity index (χ3v) is 4.59. The van der Waals surface area contributed by atoms with Gasteiger partial charge in [0, 0.05) is 0 Å². The number of benzene rings is 1. The zero-order valence-corrected chi connectivity index (χ0v) is 9.89. The summed E-state index contributed by atoms with van der Waals surface area (Å²) in [6.45, 7) is 2.10. The molecule has 3 unspecified atom stereocenters. The first-order valence-electron chi connectivity index (χ1n) is 6.52. The van der Waals surface area contributed by atoms with Crippen molar-refractivity contribution >= 4 is 0 Å². The van der Waals surface area contributed by atoms with E-state index in [2.05, 4.69) is 19.1 Å². The molecule has 2 aliphatic rings. The van der Waals surface area contributed by atoms with Crippen molar-refractivity contribution in [3.8, 4) is 0 Å². The van der Waals surface area contributed by atoms with E-state index in [4.69, 9.17) is 0 Å². The first-order chi connectivity index (χ1) is 7.79. The molecule has 86 valence electrons. The van der Waals surface area contributed by atoms with Gasteiger partial charge in [-0.25, -0.2) is 0 Å². The topological polar surface area (TPSA) is 20.2 Å². The largest absolute Gasteiger partial charge is 0.388 e. The minimum absolute atomic E-state index is 0.214. The number of hydrogen-bond acceptors (Lipinski definition) is 1. The van der Waals surface area contributed by atoms with Crippen LogP contribution in [-0.2, 0) is 0 Å². The van der Waals surface area contributed by atoms with E-state index in [9.17, 15) is 5.11 Å². The van der Waals surface area contributed by atoms with Gasteiger partial charge in [-0.05, 0) is 48.6 Å². The quantitative estimate of drug-likeness (QED) is 0.802. The summed E-state index contributed by atoms with van der Waals surface area (Å²) in [6, 6.07) is 8.28. The Hall–Kier alpha value is -0.820. The van der Waals surface area contributed by atoms with Crippen LogP contribution in [0.2, 0.25) is 0 Å². The third kappa shape index (κ3) is 1.58. The fourth-order valence-electron chi connectivity index (χ4n) is 3.64. The number of hydrogen-bond donors (Lipinski definition) is 1. The summed E-state index contributed by atoms with van der Waals surface area (Å²) in [5.74, 6) is 2.20. The van der Waals surface area contributed by atoms with Gasteiger partial charge in [-0.3, -0.25) is 0 Å². The first-order valence-corrected chi connectivity index (χ1v) is 6.52. The summed E-state index contributed by atoms with van der Waals surface area (Å²) < 4.78 is 0. The molecule has 0 bridgehead atoms. The van der Waals surface area contributed by atoms with Crippen molar-refractivity contribution in [1.29, 1.82) is 0 Å². The lowest BCUT2D eigenvalue weighted by atomic mass is 9.98. The van der Waals surface area contributed by atoms with Gasteiger partial charge in [0.05, 0.1) is 6.10 Å². The van der Waals surface area contributed by atoms with Gasteiger partial charge in [0.1, 0.15) is 0 Å². The van der Waals surface area contributed by atoms with E-state index in [1.165, 1.54) is 31.2 Å². The van der Waals surface area contributed by atoms with Crippen LogP contribution in [0.25, 0.3) is 0 Å². The van der Waals surface area contributed by atoms with Crippen molar-refractivity contribution in [2.75, 3.05) is 0 Å².